The molecule has 3 heteroatoms. The summed E-state index contributed by atoms with van der Waals surface area (Å²) < 4.78 is 0. The molecule has 0 fully saturated rings. The molecule has 0 N–H and O–H groups in total. The van der Waals surface area contributed by atoms with Crippen LogP contribution in [0.5, 0.6) is 0 Å². The lowest BCUT2D eigenvalue weighted by atomic mass is 10.1. The van der Waals surface area contributed by atoms with Crippen LogP contribution >= 0.6 is 0 Å². The second-order valence-corrected chi connectivity index (χ2v) is 4.71. The average molecular weight is 261 g/mol. The van der Waals surface area contributed by atoms with Crippen molar-refractivity contribution in [2.45, 2.75) is 13.5 Å². The molecule has 3 nitrogen and oxygen atoms in total. The van der Waals surface area contributed by atoms with Crippen molar-refractivity contribution in [3.8, 4) is 12.1 Å². The van der Waals surface area contributed by atoms with Gasteiger partial charge >= 0.3 is 0 Å². The highest BCUT2D eigenvalue weighted by Gasteiger charge is 2.13. The fourth-order valence-electron chi connectivity index (χ4n) is 2.26. The van der Waals surface area contributed by atoms with Crippen molar-refractivity contribution >= 4 is 5.69 Å². The van der Waals surface area contributed by atoms with Gasteiger partial charge in [0.2, 0.25) is 0 Å². The fraction of sp³-hybridized carbons (Fsp3) is 0.176. The Bertz CT molecular complexity index is 673. The number of aryl methyl sites for hydroxylation is 1. The van der Waals surface area contributed by atoms with E-state index in [2.05, 4.69) is 31.2 Å². The van der Waals surface area contributed by atoms with E-state index in [1.165, 1.54) is 11.1 Å². The molecule has 0 aromatic heterocycles. The van der Waals surface area contributed by atoms with E-state index in [1.54, 1.807) is 18.2 Å². The van der Waals surface area contributed by atoms with Gasteiger partial charge in [-0.25, -0.2) is 0 Å². The van der Waals surface area contributed by atoms with Gasteiger partial charge in [-0.3, -0.25) is 0 Å². The summed E-state index contributed by atoms with van der Waals surface area (Å²) in [5.41, 5.74) is 4.14. The standard InChI is InChI=1S/C17H15N3/c1-13-6-3-4-7-16(13)12-20(2)17-14(10-18)8-5-9-15(17)11-19/h3-9H,12H2,1-2H3. The van der Waals surface area contributed by atoms with E-state index < -0.39 is 0 Å². The van der Waals surface area contributed by atoms with Crippen molar-refractivity contribution in [3.63, 3.8) is 0 Å². The molecule has 0 spiro atoms. The second kappa shape index (κ2) is 5.91. The minimum Gasteiger partial charge on any atom is -0.368 e. The monoisotopic (exact) mass is 261 g/mol. The highest BCUT2D eigenvalue weighted by Crippen LogP contribution is 2.25. The van der Waals surface area contributed by atoms with E-state index in [1.807, 2.05) is 24.1 Å². The molecule has 0 aliphatic heterocycles. The molecular formula is C17H15N3. The minimum atomic E-state index is 0.528. The summed E-state index contributed by atoms with van der Waals surface area (Å²) in [6, 6.07) is 17.7. The maximum atomic E-state index is 9.22. The topological polar surface area (TPSA) is 50.8 Å². The number of nitriles is 2. The first-order chi connectivity index (χ1) is 9.67. The van der Waals surface area contributed by atoms with Gasteiger partial charge in [-0.05, 0) is 30.2 Å². The summed E-state index contributed by atoms with van der Waals surface area (Å²) in [5.74, 6) is 0. The average Bonchev–Trinajstić information content (AvgIpc) is 2.48. The number of para-hydroxylation sites is 1. The van der Waals surface area contributed by atoms with Gasteiger partial charge < -0.3 is 4.90 Å². The molecular weight excluding hydrogens is 246 g/mol. The van der Waals surface area contributed by atoms with Crippen LogP contribution in [0.1, 0.15) is 22.3 Å². The van der Waals surface area contributed by atoms with Crippen LogP contribution in [0.15, 0.2) is 42.5 Å². The molecule has 2 aromatic rings. The summed E-state index contributed by atoms with van der Waals surface area (Å²) in [7, 11) is 1.91. The van der Waals surface area contributed by atoms with Gasteiger partial charge in [-0.1, -0.05) is 30.3 Å². The molecule has 2 aromatic carbocycles. The highest BCUT2D eigenvalue weighted by molar-refractivity contribution is 5.67. The third kappa shape index (κ3) is 2.63. The lowest BCUT2D eigenvalue weighted by Crippen LogP contribution is -2.19. The maximum absolute atomic E-state index is 9.22. The van der Waals surface area contributed by atoms with Gasteiger partial charge in [-0.2, -0.15) is 10.5 Å². The largest absolute Gasteiger partial charge is 0.368 e. The molecule has 0 atom stereocenters. The van der Waals surface area contributed by atoms with Gasteiger partial charge in [0.05, 0.1) is 16.8 Å². The summed E-state index contributed by atoms with van der Waals surface area (Å²) in [4.78, 5) is 1.96. The third-order valence-corrected chi connectivity index (χ3v) is 3.33. The Morgan fingerprint density at radius 1 is 0.950 bits per heavy atom. The number of hydrogen-bond donors (Lipinski definition) is 0. The van der Waals surface area contributed by atoms with E-state index in [-0.39, 0.29) is 0 Å². The Balaban J connectivity index is 2.40. The zero-order valence-corrected chi connectivity index (χ0v) is 11.6. The molecule has 0 aliphatic carbocycles. The van der Waals surface area contributed by atoms with Crippen molar-refractivity contribution < 1.29 is 0 Å². The van der Waals surface area contributed by atoms with Crippen LogP contribution in [0.3, 0.4) is 0 Å². The van der Waals surface area contributed by atoms with Crippen LogP contribution in [0.2, 0.25) is 0 Å². The lowest BCUT2D eigenvalue weighted by molar-refractivity contribution is 0.910. The fourth-order valence-corrected chi connectivity index (χ4v) is 2.26. The van der Waals surface area contributed by atoms with Gasteiger partial charge in [0.1, 0.15) is 12.1 Å². The molecule has 0 heterocycles. The SMILES string of the molecule is Cc1ccccc1CN(C)c1c(C#N)cccc1C#N. The Morgan fingerprint density at radius 3 is 2.10 bits per heavy atom. The normalized spacial score (nSPS) is 9.60. The molecule has 0 saturated carbocycles. The van der Waals surface area contributed by atoms with E-state index in [0.29, 0.717) is 23.4 Å². The zero-order chi connectivity index (χ0) is 14.5. The van der Waals surface area contributed by atoms with Gasteiger partial charge in [0.25, 0.3) is 0 Å². The third-order valence-electron chi connectivity index (χ3n) is 3.33. The van der Waals surface area contributed by atoms with E-state index in [4.69, 9.17) is 0 Å². The second-order valence-electron chi connectivity index (χ2n) is 4.71. The Hall–Kier alpha value is -2.78. The maximum Gasteiger partial charge on any atom is 0.101 e. The predicted molar refractivity (Wildman–Crippen MR) is 79.2 cm³/mol. The van der Waals surface area contributed by atoms with E-state index in [9.17, 15) is 10.5 Å². The molecule has 20 heavy (non-hydrogen) atoms. The molecule has 0 unspecified atom stereocenters. The number of rotatable bonds is 3. The molecule has 98 valence electrons. The van der Waals surface area contributed by atoms with Crippen LogP contribution in [-0.4, -0.2) is 7.05 Å². The van der Waals surface area contributed by atoms with E-state index in [0.717, 1.165) is 0 Å². The van der Waals surface area contributed by atoms with Gasteiger partial charge in [0, 0.05) is 13.6 Å². The number of hydrogen-bond acceptors (Lipinski definition) is 3. The molecule has 0 amide bonds. The van der Waals surface area contributed by atoms with Crippen molar-refractivity contribution in [1.29, 1.82) is 10.5 Å². The highest BCUT2D eigenvalue weighted by atomic mass is 15.1. The van der Waals surface area contributed by atoms with Crippen molar-refractivity contribution in [2.24, 2.45) is 0 Å². The van der Waals surface area contributed by atoms with Crippen LogP contribution in [0.4, 0.5) is 5.69 Å². The predicted octanol–water partition coefficient (Wildman–Crippen LogP) is 3.37. The summed E-state index contributed by atoms with van der Waals surface area (Å²) in [6.07, 6.45) is 0. The van der Waals surface area contributed by atoms with Crippen LogP contribution < -0.4 is 4.90 Å². The number of benzene rings is 2. The van der Waals surface area contributed by atoms with Crippen molar-refractivity contribution in [1.82, 2.24) is 0 Å². The molecule has 0 aliphatic rings. The Kier molecular flexibility index (Phi) is 4.03. The Morgan fingerprint density at radius 2 is 1.55 bits per heavy atom. The zero-order valence-electron chi connectivity index (χ0n) is 11.6. The quantitative estimate of drug-likeness (QED) is 0.851. The molecule has 0 saturated heterocycles. The van der Waals surface area contributed by atoms with Gasteiger partial charge in [-0.15, -0.1) is 0 Å². The van der Waals surface area contributed by atoms with Crippen LogP contribution in [0, 0.1) is 29.6 Å². The summed E-state index contributed by atoms with van der Waals surface area (Å²) >= 11 is 0. The lowest BCUT2D eigenvalue weighted by Gasteiger charge is -2.22. The first-order valence-corrected chi connectivity index (χ1v) is 6.36. The Labute approximate surface area is 119 Å². The van der Waals surface area contributed by atoms with Crippen LogP contribution in [0.25, 0.3) is 0 Å². The summed E-state index contributed by atoms with van der Waals surface area (Å²) in [6.45, 7) is 2.73. The smallest absolute Gasteiger partial charge is 0.101 e. The van der Waals surface area contributed by atoms with E-state index >= 15 is 0 Å². The number of anilines is 1. The minimum absolute atomic E-state index is 0.528. The molecule has 0 radical (unpaired) electrons. The first-order valence-electron chi connectivity index (χ1n) is 6.36. The van der Waals surface area contributed by atoms with Gasteiger partial charge in [0.15, 0.2) is 0 Å². The summed E-state index contributed by atoms with van der Waals surface area (Å²) in [5, 5.41) is 18.4. The van der Waals surface area contributed by atoms with Crippen molar-refractivity contribution in [2.75, 3.05) is 11.9 Å². The van der Waals surface area contributed by atoms with Crippen molar-refractivity contribution in [3.05, 3.63) is 64.7 Å². The molecule has 2 rings (SSSR count). The van der Waals surface area contributed by atoms with Crippen LogP contribution in [-0.2, 0) is 6.54 Å². The number of nitrogens with zero attached hydrogens (tertiary/aromatic N) is 3. The molecule has 0 bridgehead atoms. The first kappa shape index (κ1) is 13.6.